The van der Waals surface area contributed by atoms with Gasteiger partial charge in [0.2, 0.25) is 5.95 Å². The van der Waals surface area contributed by atoms with E-state index in [1.165, 1.54) is 0 Å². The van der Waals surface area contributed by atoms with Crippen LogP contribution in [-0.4, -0.2) is 16.0 Å². The fraction of sp³-hybridized carbons (Fsp3) is 0.600. The van der Waals surface area contributed by atoms with E-state index in [1.807, 2.05) is 0 Å². The molecule has 0 radical (unpaired) electrons. The molecular weight excluding hydrogens is 233 g/mol. The Balaban J connectivity index is 2.30. The van der Waals surface area contributed by atoms with Gasteiger partial charge in [0.25, 0.3) is 0 Å². The Morgan fingerprint density at radius 1 is 1.47 bits per heavy atom. The Labute approximate surface area is 96.4 Å². The van der Waals surface area contributed by atoms with Gasteiger partial charge in [-0.05, 0) is 19.8 Å². The lowest BCUT2D eigenvalue weighted by atomic mass is 10.1. The first-order valence-corrected chi connectivity index (χ1v) is 5.33. The van der Waals surface area contributed by atoms with Gasteiger partial charge in [0.05, 0.1) is 0 Å². The average Bonchev–Trinajstić information content (AvgIpc) is 3.00. The molecule has 1 saturated carbocycles. The molecule has 0 spiro atoms. The highest BCUT2D eigenvalue weighted by Gasteiger charge is 2.38. The number of nitrogen functional groups attached to an aromatic ring is 1. The number of rotatable bonds is 3. The van der Waals surface area contributed by atoms with Crippen molar-refractivity contribution in [2.75, 3.05) is 5.73 Å². The molecule has 4 nitrogen and oxygen atoms in total. The Morgan fingerprint density at radius 3 is 2.65 bits per heavy atom. The third-order valence-corrected chi connectivity index (χ3v) is 2.63. The summed E-state index contributed by atoms with van der Waals surface area (Å²) in [6, 6.07) is -0.122. The summed E-state index contributed by atoms with van der Waals surface area (Å²) in [4.78, 5) is 6.92. The van der Waals surface area contributed by atoms with Gasteiger partial charge in [0.1, 0.15) is 0 Å². The molecule has 2 rings (SSSR count). The number of nitrogens with zero attached hydrogens (tertiary/aromatic N) is 2. The highest BCUT2D eigenvalue weighted by Crippen LogP contribution is 2.34. The molecular formula is C10H13F3N4. The Hall–Kier alpha value is -1.37. The van der Waals surface area contributed by atoms with E-state index in [1.54, 1.807) is 6.92 Å². The summed E-state index contributed by atoms with van der Waals surface area (Å²) < 4.78 is 38.3. The number of hydrogen-bond acceptors (Lipinski definition) is 4. The van der Waals surface area contributed by atoms with Gasteiger partial charge in [-0.2, -0.15) is 13.2 Å². The Bertz CT molecular complexity index is 415. The molecule has 17 heavy (non-hydrogen) atoms. The van der Waals surface area contributed by atoms with Crippen LogP contribution in [0.3, 0.4) is 0 Å². The zero-order valence-electron chi connectivity index (χ0n) is 9.25. The van der Waals surface area contributed by atoms with Crippen molar-refractivity contribution >= 4 is 5.95 Å². The Kier molecular flexibility index (Phi) is 2.94. The van der Waals surface area contributed by atoms with Crippen molar-refractivity contribution in [2.24, 2.45) is 0 Å². The maximum Gasteiger partial charge on any atom is 0.433 e. The van der Waals surface area contributed by atoms with Crippen molar-refractivity contribution in [3.8, 4) is 0 Å². The van der Waals surface area contributed by atoms with Crippen LogP contribution < -0.4 is 11.1 Å². The minimum atomic E-state index is -4.51. The van der Waals surface area contributed by atoms with Crippen molar-refractivity contribution in [2.45, 2.75) is 38.0 Å². The molecule has 1 fully saturated rings. The number of nitrogens with one attached hydrogen (secondary N) is 1. The van der Waals surface area contributed by atoms with E-state index in [9.17, 15) is 13.2 Å². The second kappa shape index (κ2) is 4.14. The third-order valence-electron chi connectivity index (χ3n) is 2.63. The quantitative estimate of drug-likeness (QED) is 0.854. The zero-order chi connectivity index (χ0) is 12.6. The van der Waals surface area contributed by atoms with Crippen LogP contribution in [0.1, 0.15) is 37.1 Å². The monoisotopic (exact) mass is 246 g/mol. The van der Waals surface area contributed by atoms with Gasteiger partial charge < -0.3 is 11.1 Å². The lowest BCUT2D eigenvalue weighted by Crippen LogP contribution is -2.25. The van der Waals surface area contributed by atoms with Crippen molar-refractivity contribution in [1.82, 2.24) is 15.3 Å². The number of aromatic nitrogens is 2. The molecule has 0 aromatic carbocycles. The maximum absolute atomic E-state index is 12.8. The van der Waals surface area contributed by atoms with E-state index in [0.717, 1.165) is 19.0 Å². The van der Waals surface area contributed by atoms with Crippen LogP contribution in [0.5, 0.6) is 0 Å². The van der Waals surface area contributed by atoms with E-state index >= 15 is 0 Å². The number of alkyl halides is 3. The second-order valence-electron chi connectivity index (χ2n) is 4.19. The van der Waals surface area contributed by atoms with E-state index < -0.39 is 17.9 Å². The summed E-state index contributed by atoms with van der Waals surface area (Å²) in [5, 5.41) is 3.08. The van der Waals surface area contributed by atoms with Gasteiger partial charge in [-0.25, -0.2) is 9.97 Å². The fourth-order valence-corrected chi connectivity index (χ4v) is 1.64. The smallest absolute Gasteiger partial charge is 0.368 e. The molecule has 1 aromatic heterocycles. The molecule has 7 heteroatoms. The van der Waals surface area contributed by atoms with Gasteiger partial charge in [0.15, 0.2) is 5.69 Å². The van der Waals surface area contributed by atoms with Gasteiger partial charge in [-0.3, -0.25) is 0 Å². The van der Waals surface area contributed by atoms with Gasteiger partial charge in [-0.15, -0.1) is 0 Å². The minimum Gasteiger partial charge on any atom is -0.368 e. The molecule has 3 N–H and O–H groups in total. The van der Waals surface area contributed by atoms with Crippen LogP contribution in [0, 0.1) is 0 Å². The first-order valence-electron chi connectivity index (χ1n) is 5.33. The predicted molar refractivity (Wildman–Crippen MR) is 56.0 cm³/mol. The summed E-state index contributed by atoms with van der Waals surface area (Å²) in [6.45, 7) is 1.67. The molecule has 1 aromatic rings. The highest BCUT2D eigenvalue weighted by molar-refractivity contribution is 5.29. The lowest BCUT2D eigenvalue weighted by molar-refractivity contribution is -0.142. The molecule has 94 valence electrons. The van der Waals surface area contributed by atoms with Crippen molar-refractivity contribution in [1.29, 1.82) is 0 Å². The lowest BCUT2D eigenvalue weighted by Gasteiger charge is -2.18. The highest BCUT2D eigenvalue weighted by atomic mass is 19.4. The second-order valence-corrected chi connectivity index (χ2v) is 4.19. The van der Waals surface area contributed by atoms with Crippen LogP contribution in [0.4, 0.5) is 19.1 Å². The van der Waals surface area contributed by atoms with Crippen LogP contribution in [0.15, 0.2) is 6.20 Å². The van der Waals surface area contributed by atoms with E-state index in [-0.39, 0.29) is 11.5 Å². The van der Waals surface area contributed by atoms with Gasteiger partial charge in [-0.1, -0.05) is 0 Å². The van der Waals surface area contributed by atoms with Crippen LogP contribution in [-0.2, 0) is 6.18 Å². The largest absolute Gasteiger partial charge is 0.433 e. The molecule has 1 atom stereocenters. The Morgan fingerprint density at radius 2 is 2.12 bits per heavy atom. The summed E-state index contributed by atoms with van der Waals surface area (Å²) in [7, 11) is 0. The average molecular weight is 246 g/mol. The van der Waals surface area contributed by atoms with Gasteiger partial charge in [0, 0.05) is 23.8 Å². The van der Waals surface area contributed by atoms with E-state index in [4.69, 9.17) is 5.73 Å². The normalized spacial score (nSPS) is 18.1. The standard InChI is InChI=1S/C10H13F3N4/c1-5(16-6-2-3-6)7-4-15-9(14)17-8(7)10(11,12)13/h4-6,16H,2-3H2,1H3,(H2,14,15,17). The summed E-state index contributed by atoms with van der Waals surface area (Å²) in [5.41, 5.74) is 4.28. The maximum atomic E-state index is 12.8. The molecule has 0 amide bonds. The van der Waals surface area contributed by atoms with Crippen molar-refractivity contribution in [3.63, 3.8) is 0 Å². The molecule has 0 aliphatic heterocycles. The molecule has 0 bridgehead atoms. The van der Waals surface area contributed by atoms with Crippen LogP contribution in [0.25, 0.3) is 0 Å². The van der Waals surface area contributed by atoms with Crippen LogP contribution >= 0.6 is 0 Å². The molecule has 1 unspecified atom stereocenters. The molecule has 1 heterocycles. The number of halogens is 3. The molecule has 1 aliphatic carbocycles. The number of hydrogen-bond donors (Lipinski definition) is 2. The summed E-state index contributed by atoms with van der Waals surface area (Å²) in [5.74, 6) is -0.361. The van der Waals surface area contributed by atoms with Crippen LogP contribution in [0.2, 0.25) is 0 Å². The molecule has 0 saturated heterocycles. The first kappa shape index (κ1) is 12.1. The van der Waals surface area contributed by atoms with Crippen molar-refractivity contribution < 1.29 is 13.2 Å². The fourth-order valence-electron chi connectivity index (χ4n) is 1.64. The van der Waals surface area contributed by atoms with E-state index in [2.05, 4.69) is 15.3 Å². The van der Waals surface area contributed by atoms with E-state index in [0.29, 0.717) is 6.04 Å². The topological polar surface area (TPSA) is 63.8 Å². The van der Waals surface area contributed by atoms with Crippen molar-refractivity contribution in [3.05, 3.63) is 17.5 Å². The molecule has 1 aliphatic rings. The third kappa shape index (κ3) is 2.85. The summed E-state index contributed by atoms with van der Waals surface area (Å²) >= 11 is 0. The first-order chi connectivity index (χ1) is 7.88. The SMILES string of the molecule is CC(NC1CC1)c1cnc(N)nc1C(F)(F)F. The number of nitrogens with two attached hydrogens (primary N) is 1. The van der Waals surface area contributed by atoms with Gasteiger partial charge >= 0.3 is 6.18 Å². The minimum absolute atomic E-state index is 0.0404. The number of anilines is 1. The summed E-state index contributed by atoms with van der Waals surface area (Å²) in [6.07, 6.45) is -1.36. The predicted octanol–water partition coefficient (Wildman–Crippen LogP) is 1.89. The zero-order valence-corrected chi connectivity index (χ0v) is 9.25.